The fraction of sp³-hybridized carbons (Fsp3) is 0.600. The molecule has 0 aliphatic carbocycles. The maximum absolute atomic E-state index is 11.4. The van der Waals surface area contributed by atoms with Gasteiger partial charge in [0.1, 0.15) is 0 Å². The van der Waals surface area contributed by atoms with E-state index in [9.17, 15) is 19.2 Å². The number of hydrogen-bond acceptors (Lipinski definition) is 10. The van der Waals surface area contributed by atoms with Crippen molar-refractivity contribution in [3.05, 3.63) is 0 Å². The third kappa shape index (κ3) is 5.74. The van der Waals surface area contributed by atoms with Crippen molar-refractivity contribution in [3.63, 3.8) is 0 Å². The van der Waals surface area contributed by atoms with Crippen LogP contribution in [0.5, 0.6) is 0 Å². The Bertz CT molecular complexity index is 367. The molecule has 0 radical (unpaired) electrons. The first kappa shape index (κ1) is 17.5. The van der Waals surface area contributed by atoms with E-state index in [1.807, 2.05) is 0 Å². The second kappa shape index (κ2) is 8.01. The van der Waals surface area contributed by atoms with Crippen LogP contribution in [0.25, 0.3) is 0 Å². The molecule has 0 spiro atoms. The van der Waals surface area contributed by atoms with Gasteiger partial charge in [-0.25, -0.2) is 0 Å². The van der Waals surface area contributed by atoms with E-state index < -0.39 is 23.9 Å². The van der Waals surface area contributed by atoms with Crippen molar-refractivity contribution in [1.82, 2.24) is 10.5 Å². The van der Waals surface area contributed by atoms with Crippen LogP contribution in [0, 0.1) is 0 Å². The molecule has 0 amide bonds. The van der Waals surface area contributed by atoms with Crippen molar-refractivity contribution >= 4 is 23.9 Å². The molecule has 0 aromatic heterocycles. The van der Waals surface area contributed by atoms with E-state index >= 15 is 0 Å². The SMILES string of the molecule is O=C1CCC(=O)ON2CCN(O1)OC(=O)CCC(=O)O2.[Zn]. The molecule has 2 fully saturated rings. The topological polar surface area (TPSA) is 112 Å². The maximum Gasteiger partial charge on any atom is 0.329 e. The zero-order valence-electron chi connectivity index (χ0n) is 11.1. The summed E-state index contributed by atoms with van der Waals surface area (Å²) < 4.78 is 0. The molecule has 0 unspecified atom stereocenters. The normalized spacial score (nSPS) is 27.4. The van der Waals surface area contributed by atoms with Gasteiger partial charge < -0.3 is 19.4 Å². The number of carbonyl (C=O) groups excluding carboxylic acids is 4. The number of rotatable bonds is 0. The fourth-order valence-corrected chi connectivity index (χ4v) is 1.43. The molecule has 112 valence electrons. The molecule has 2 rings (SSSR count). The molecule has 10 nitrogen and oxygen atoms in total. The van der Waals surface area contributed by atoms with Crippen molar-refractivity contribution in [2.24, 2.45) is 0 Å². The average Bonchev–Trinajstić information content (AvgIpc) is 2.39. The molecule has 2 saturated heterocycles. The predicted molar refractivity (Wildman–Crippen MR) is 56.2 cm³/mol. The summed E-state index contributed by atoms with van der Waals surface area (Å²) in [6.45, 7) is -0.309. The predicted octanol–water partition coefficient (Wildman–Crippen LogP) is -0.992. The summed E-state index contributed by atoms with van der Waals surface area (Å²) >= 11 is 0. The summed E-state index contributed by atoms with van der Waals surface area (Å²) in [5.41, 5.74) is 0. The second-order valence-corrected chi connectivity index (χ2v) is 3.97. The third-order valence-corrected chi connectivity index (χ3v) is 2.35. The van der Waals surface area contributed by atoms with Gasteiger partial charge in [0.15, 0.2) is 0 Å². The summed E-state index contributed by atoms with van der Waals surface area (Å²) in [5.74, 6) is -2.95. The molecular formula is C10H12N2O8Zn. The largest absolute Gasteiger partial charge is 0.333 e. The Kier molecular flexibility index (Phi) is 6.67. The summed E-state index contributed by atoms with van der Waals surface area (Å²) in [7, 11) is 0. The van der Waals surface area contributed by atoms with Gasteiger partial charge in [0, 0.05) is 29.9 Å². The Hall–Kier alpha value is -1.58. The molecule has 0 atom stereocenters. The summed E-state index contributed by atoms with van der Waals surface area (Å²) in [5, 5.41) is 1.35. The summed E-state index contributed by atoms with van der Waals surface area (Å²) in [4.78, 5) is 64.6. The molecule has 0 aromatic rings. The van der Waals surface area contributed by atoms with Crippen LogP contribution in [0.2, 0.25) is 0 Å². The minimum absolute atomic E-state index is 0. The smallest absolute Gasteiger partial charge is 0.329 e. The van der Waals surface area contributed by atoms with Gasteiger partial charge in [0.05, 0.1) is 38.8 Å². The molecule has 0 N–H and O–H groups in total. The van der Waals surface area contributed by atoms with Gasteiger partial charge in [-0.05, 0) is 0 Å². The Morgan fingerprint density at radius 3 is 1.05 bits per heavy atom. The van der Waals surface area contributed by atoms with E-state index in [1.165, 1.54) is 0 Å². The van der Waals surface area contributed by atoms with Crippen LogP contribution in [-0.4, -0.2) is 47.4 Å². The van der Waals surface area contributed by atoms with E-state index in [4.69, 9.17) is 19.4 Å². The number of carbonyl (C=O) groups is 4. The Morgan fingerprint density at radius 2 is 0.810 bits per heavy atom. The van der Waals surface area contributed by atoms with E-state index in [-0.39, 0.29) is 58.3 Å². The van der Waals surface area contributed by atoms with Gasteiger partial charge in [-0.15, -0.1) is 0 Å². The third-order valence-electron chi connectivity index (χ3n) is 2.35. The van der Waals surface area contributed by atoms with Gasteiger partial charge in [0.25, 0.3) is 0 Å². The minimum atomic E-state index is -0.739. The average molecular weight is 354 g/mol. The van der Waals surface area contributed by atoms with Gasteiger partial charge in [-0.1, -0.05) is 0 Å². The fourth-order valence-electron chi connectivity index (χ4n) is 1.43. The zero-order chi connectivity index (χ0) is 14.5. The van der Waals surface area contributed by atoms with Crippen LogP contribution in [0.3, 0.4) is 0 Å². The summed E-state index contributed by atoms with van der Waals surface area (Å²) in [6.07, 6.45) is -1.02. The maximum atomic E-state index is 11.4. The van der Waals surface area contributed by atoms with Crippen LogP contribution in [0.4, 0.5) is 0 Å². The molecule has 2 aliphatic rings. The van der Waals surface area contributed by atoms with Gasteiger partial charge in [-0.3, -0.25) is 19.2 Å². The van der Waals surface area contributed by atoms with Crippen LogP contribution in [0.1, 0.15) is 25.7 Å². The molecule has 2 bridgehead atoms. The Labute approximate surface area is 131 Å². The van der Waals surface area contributed by atoms with Crippen molar-refractivity contribution in [2.45, 2.75) is 25.7 Å². The van der Waals surface area contributed by atoms with E-state index in [1.54, 1.807) is 0 Å². The molecule has 21 heavy (non-hydrogen) atoms. The molecule has 0 saturated carbocycles. The number of nitrogens with zero attached hydrogens (tertiary/aromatic N) is 2. The van der Waals surface area contributed by atoms with Crippen molar-refractivity contribution in [2.75, 3.05) is 13.1 Å². The van der Waals surface area contributed by atoms with Crippen molar-refractivity contribution in [3.8, 4) is 0 Å². The van der Waals surface area contributed by atoms with Crippen LogP contribution < -0.4 is 0 Å². The molecule has 11 heteroatoms. The summed E-state index contributed by atoms with van der Waals surface area (Å²) in [6, 6.07) is 0. The zero-order valence-corrected chi connectivity index (χ0v) is 14.1. The number of hydroxylamine groups is 4. The second-order valence-electron chi connectivity index (χ2n) is 3.97. The molecule has 2 heterocycles. The Balaban J connectivity index is 0.00000220. The van der Waals surface area contributed by atoms with E-state index in [0.717, 1.165) is 0 Å². The van der Waals surface area contributed by atoms with Gasteiger partial charge >= 0.3 is 23.9 Å². The Morgan fingerprint density at radius 1 is 0.571 bits per heavy atom. The number of fused-ring (bicyclic) bond motifs is 3. The minimum Gasteiger partial charge on any atom is -0.333 e. The standard InChI is InChI=1S/C10H12N2O8.Zn/c13-7-1-2-8(14)18-12-6-5-11(17-7)19-9(15)3-4-10(16)20-12;/h1-6H2;. The van der Waals surface area contributed by atoms with E-state index in [2.05, 4.69) is 0 Å². The number of hydrogen-bond donors (Lipinski definition) is 0. The van der Waals surface area contributed by atoms with Crippen molar-refractivity contribution in [1.29, 1.82) is 0 Å². The quantitative estimate of drug-likeness (QED) is 0.503. The molecular weight excluding hydrogens is 342 g/mol. The molecule has 2 aliphatic heterocycles. The van der Waals surface area contributed by atoms with Crippen LogP contribution in [-0.2, 0) is 58.0 Å². The van der Waals surface area contributed by atoms with E-state index in [0.29, 0.717) is 10.5 Å². The first-order chi connectivity index (χ1) is 9.52. The van der Waals surface area contributed by atoms with Gasteiger partial charge in [-0.2, -0.15) is 0 Å². The van der Waals surface area contributed by atoms with Crippen LogP contribution >= 0.6 is 0 Å². The first-order valence-corrected chi connectivity index (χ1v) is 5.91. The van der Waals surface area contributed by atoms with Gasteiger partial charge in [0.2, 0.25) is 0 Å². The van der Waals surface area contributed by atoms with Crippen LogP contribution in [0.15, 0.2) is 0 Å². The van der Waals surface area contributed by atoms with Crippen molar-refractivity contribution < 1.29 is 58.0 Å². The monoisotopic (exact) mass is 352 g/mol. The first-order valence-electron chi connectivity index (χ1n) is 5.91. The molecule has 0 aromatic carbocycles.